The Morgan fingerprint density at radius 2 is 1.97 bits per heavy atom. The van der Waals surface area contributed by atoms with Crippen molar-refractivity contribution in [2.24, 2.45) is 5.41 Å². The van der Waals surface area contributed by atoms with Gasteiger partial charge in [0.15, 0.2) is 0 Å². The van der Waals surface area contributed by atoms with Crippen molar-refractivity contribution in [1.29, 1.82) is 0 Å². The summed E-state index contributed by atoms with van der Waals surface area (Å²) in [5.41, 5.74) is 1.36. The molecule has 2 aromatic heterocycles. The van der Waals surface area contributed by atoms with Crippen molar-refractivity contribution in [2.45, 2.75) is 57.8 Å². The summed E-state index contributed by atoms with van der Waals surface area (Å²) in [5, 5.41) is 9.22. The molecule has 0 aliphatic carbocycles. The molecule has 1 fully saturated rings. The van der Waals surface area contributed by atoms with Crippen LogP contribution in [-0.4, -0.2) is 41.0 Å². The maximum Gasteiger partial charge on any atom is 0.245 e. The fourth-order valence-corrected chi connectivity index (χ4v) is 5.57. The molecule has 1 unspecified atom stereocenters. The van der Waals surface area contributed by atoms with Crippen LogP contribution in [0, 0.1) is 12.3 Å². The zero-order valence-corrected chi connectivity index (χ0v) is 18.7. The van der Waals surface area contributed by atoms with Gasteiger partial charge in [0.1, 0.15) is 4.90 Å². The minimum absolute atomic E-state index is 0.0469. The van der Waals surface area contributed by atoms with E-state index in [2.05, 4.69) is 36.0 Å². The second-order valence-electron chi connectivity index (χ2n) is 9.25. The van der Waals surface area contributed by atoms with Gasteiger partial charge in [-0.3, -0.25) is 4.98 Å². The van der Waals surface area contributed by atoms with Gasteiger partial charge in [-0.05, 0) is 37.3 Å². The average molecular weight is 429 g/mol. The van der Waals surface area contributed by atoms with E-state index >= 15 is 0 Å². The maximum atomic E-state index is 13.5. The molecule has 0 radical (unpaired) electrons. The van der Waals surface area contributed by atoms with E-state index < -0.39 is 10.0 Å². The molecule has 0 N–H and O–H groups in total. The second kappa shape index (κ2) is 7.74. The Morgan fingerprint density at radius 3 is 2.73 bits per heavy atom. The molecule has 0 amide bonds. The largest absolute Gasteiger partial charge is 0.425 e. The Balaban J connectivity index is 1.61. The van der Waals surface area contributed by atoms with Gasteiger partial charge in [0, 0.05) is 30.6 Å². The lowest BCUT2D eigenvalue weighted by molar-refractivity contribution is 0.274. The number of aromatic nitrogens is 3. The van der Waals surface area contributed by atoms with Crippen LogP contribution in [-0.2, 0) is 16.4 Å². The van der Waals surface area contributed by atoms with Gasteiger partial charge in [-0.15, -0.1) is 10.2 Å². The summed E-state index contributed by atoms with van der Waals surface area (Å²) in [6.45, 7) is 9.03. The summed E-state index contributed by atoms with van der Waals surface area (Å²) in [5.74, 6) is 1.03. The highest BCUT2D eigenvalue weighted by atomic mass is 32.2. The molecule has 1 aliphatic rings. The van der Waals surface area contributed by atoms with Crippen molar-refractivity contribution in [2.75, 3.05) is 13.1 Å². The summed E-state index contributed by atoms with van der Waals surface area (Å²) in [6.07, 6.45) is 2.27. The van der Waals surface area contributed by atoms with Crippen LogP contribution in [0.1, 0.15) is 57.0 Å². The SMILES string of the molecule is Cc1ccc2cccc(S(=O)(=O)N3CCCC(c4nnc(CC(C)(C)C)o4)C3)c2n1. The maximum absolute atomic E-state index is 13.5. The van der Waals surface area contributed by atoms with Gasteiger partial charge in [0.25, 0.3) is 0 Å². The van der Waals surface area contributed by atoms with Gasteiger partial charge in [-0.2, -0.15) is 4.31 Å². The van der Waals surface area contributed by atoms with E-state index in [1.165, 1.54) is 4.31 Å². The number of piperidine rings is 1. The normalized spacial score (nSPS) is 18.7. The van der Waals surface area contributed by atoms with Crippen LogP contribution in [0.15, 0.2) is 39.6 Å². The predicted molar refractivity (Wildman–Crippen MR) is 115 cm³/mol. The summed E-state index contributed by atoms with van der Waals surface area (Å²) in [6, 6.07) is 9.09. The van der Waals surface area contributed by atoms with E-state index in [0.29, 0.717) is 36.8 Å². The first kappa shape index (κ1) is 20.9. The Hall–Kier alpha value is -2.32. The number of aryl methyl sites for hydroxylation is 1. The molecule has 1 aliphatic heterocycles. The van der Waals surface area contributed by atoms with Gasteiger partial charge in [0.05, 0.1) is 11.4 Å². The molecule has 3 aromatic rings. The molecular formula is C22H28N4O3S. The number of hydrogen-bond donors (Lipinski definition) is 0. The minimum Gasteiger partial charge on any atom is -0.425 e. The number of pyridine rings is 1. The molecule has 0 saturated carbocycles. The fraction of sp³-hybridized carbons (Fsp3) is 0.500. The lowest BCUT2D eigenvalue weighted by Crippen LogP contribution is -2.39. The Morgan fingerprint density at radius 1 is 1.17 bits per heavy atom. The number of fused-ring (bicyclic) bond motifs is 1. The van der Waals surface area contributed by atoms with E-state index in [0.717, 1.165) is 23.9 Å². The number of benzene rings is 1. The quantitative estimate of drug-likeness (QED) is 0.622. The van der Waals surface area contributed by atoms with Crippen LogP contribution in [0.2, 0.25) is 0 Å². The van der Waals surface area contributed by atoms with Crippen LogP contribution in [0.4, 0.5) is 0 Å². The Kier molecular flexibility index (Phi) is 5.40. The van der Waals surface area contributed by atoms with E-state index in [1.807, 2.05) is 25.1 Å². The van der Waals surface area contributed by atoms with Gasteiger partial charge >= 0.3 is 0 Å². The van der Waals surface area contributed by atoms with E-state index in [-0.39, 0.29) is 16.2 Å². The first-order valence-electron chi connectivity index (χ1n) is 10.3. The van der Waals surface area contributed by atoms with Gasteiger partial charge in [-0.1, -0.05) is 39.0 Å². The Bertz CT molecular complexity index is 1160. The molecule has 3 heterocycles. The smallest absolute Gasteiger partial charge is 0.245 e. The summed E-state index contributed by atoms with van der Waals surface area (Å²) in [4.78, 5) is 4.76. The molecule has 0 spiro atoms. The molecule has 160 valence electrons. The zero-order chi connectivity index (χ0) is 21.5. The van der Waals surface area contributed by atoms with Crippen LogP contribution < -0.4 is 0 Å². The lowest BCUT2D eigenvalue weighted by atomic mass is 9.92. The summed E-state index contributed by atoms with van der Waals surface area (Å²) >= 11 is 0. The molecule has 1 aromatic carbocycles. The highest BCUT2D eigenvalue weighted by Gasteiger charge is 2.34. The number of sulfonamides is 1. The molecule has 4 rings (SSSR count). The highest BCUT2D eigenvalue weighted by Crippen LogP contribution is 2.32. The molecule has 30 heavy (non-hydrogen) atoms. The standard InChI is InChI=1S/C22H28N4O3S/c1-15-10-11-16-7-5-9-18(20(16)23-15)30(27,28)26-12-6-8-17(14-26)21-25-24-19(29-21)13-22(2,3)4/h5,7,9-11,17H,6,8,12-14H2,1-4H3. The third-order valence-electron chi connectivity index (χ3n) is 5.34. The van der Waals surface area contributed by atoms with Crippen LogP contribution >= 0.6 is 0 Å². The predicted octanol–water partition coefficient (Wildman–Crippen LogP) is 4.08. The second-order valence-corrected chi connectivity index (χ2v) is 11.2. The minimum atomic E-state index is -3.69. The third-order valence-corrected chi connectivity index (χ3v) is 7.23. The van der Waals surface area contributed by atoms with Crippen LogP contribution in [0.3, 0.4) is 0 Å². The average Bonchev–Trinajstić information content (AvgIpc) is 3.14. The first-order chi connectivity index (χ1) is 14.1. The molecule has 7 nitrogen and oxygen atoms in total. The molecular weight excluding hydrogens is 400 g/mol. The third kappa shape index (κ3) is 4.25. The number of nitrogens with zero attached hydrogens (tertiary/aromatic N) is 4. The van der Waals surface area contributed by atoms with Crippen molar-refractivity contribution >= 4 is 20.9 Å². The van der Waals surface area contributed by atoms with E-state index in [4.69, 9.17) is 4.42 Å². The topological polar surface area (TPSA) is 89.2 Å². The number of rotatable bonds is 4. The summed E-state index contributed by atoms with van der Waals surface area (Å²) < 4.78 is 34.4. The summed E-state index contributed by atoms with van der Waals surface area (Å²) in [7, 11) is -3.69. The molecule has 0 bridgehead atoms. The first-order valence-corrected chi connectivity index (χ1v) is 11.8. The molecule has 1 saturated heterocycles. The molecule has 1 atom stereocenters. The van der Waals surface area contributed by atoms with Gasteiger partial charge in [-0.25, -0.2) is 8.42 Å². The van der Waals surface area contributed by atoms with Crippen molar-refractivity contribution in [3.63, 3.8) is 0 Å². The van der Waals surface area contributed by atoms with E-state index in [1.54, 1.807) is 12.1 Å². The zero-order valence-electron chi connectivity index (χ0n) is 17.9. The van der Waals surface area contributed by atoms with Crippen LogP contribution in [0.5, 0.6) is 0 Å². The van der Waals surface area contributed by atoms with Crippen molar-refractivity contribution in [1.82, 2.24) is 19.5 Å². The number of hydrogen-bond acceptors (Lipinski definition) is 6. The van der Waals surface area contributed by atoms with Crippen molar-refractivity contribution in [3.8, 4) is 0 Å². The number of para-hydroxylation sites is 1. The van der Waals surface area contributed by atoms with Gasteiger partial charge < -0.3 is 4.42 Å². The van der Waals surface area contributed by atoms with Crippen molar-refractivity contribution in [3.05, 3.63) is 47.8 Å². The fourth-order valence-electron chi connectivity index (χ4n) is 3.88. The monoisotopic (exact) mass is 428 g/mol. The Labute approximate surface area is 177 Å². The van der Waals surface area contributed by atoms with Gasteiger partial charge in [0.2, 0.25) is 21.8 Å². The molecule has 8 heteroatoms. The highest BCUT2D eigenvalue weighted by molar-refractivity contribution is 7.89. The lowest BCUT2D eigenvalue weighted by Gasteiger charge is -2.30. The van der Waals surface area contributed by atoms with Crippen molar-refractivity contribution < 1.29 is 12.8 Å². The van der Waals surface area contributed by atoms with E-state index in [9.17, 15) is 8.42 Å². The van der Waals surface area contributed by atoms with Crippen LogP contribution in [0.25, 0.3) is 10.9 Å².